The van der Waals surface area contributed by atoms with Gasteiger partial charge in [-0.1, -0.05) is 13.0 Å². The Balaban J connectivity index is 3.01. The highest BCUT2D eigenvalue weighted by atomic mass is 32.2. The van der Waals surface area contributed by atoms with Crippen LogP contribution in [0.25, 0.3) is 0 Å². The average molecular weight is 421 g/mol. The van der Waals surface area contributed by atoms with Gasteiger partial charge < -0.3 is 5.32 Å². The van der Waals surface area contributed by atoms with Gasteiger partial charge in [0.1, 0.15) is 0 Å². The summed E-state index contributed by atoms with van der Waals surface area (Å²) in [6, 6.07) is 2.04. The minimum atomic E-state index is -5.86. The standard InChI is InChI=1S/C14H17F6N3O3S/c1-4-12(13(15,16)17,14(18,19)20)21-11(24)22-23-27(25,26)10-6-8(2)5-9(3)7-10/h5-7,23H,4H2,1-3H3,(H2,21,22,24). The van der Waals surface area contributed by atoms with E-state index in [0.717, 1.165) is 5.32 Å². The molecule has 1 aromatic carbocycles. The van der Waals surface area contributed by atoms with Gasteiger partial charge in [-0.2, -0.15) is 26.3 Å². The lowest BCUT2D eigenvalue weighted by molar-refractivity contribution is -0.304. The van der Waals surface area contributed by atoms with E-state index >= 15 is 0 Å². The molecule has 0 aromatic heterocycles. The number of alkyl halides is 6. The van der Waals surface area contributed by atoms with Gasteiger partial charge in [-0.05, 0) is 43.5 Å². The Morgan fingerprint density at radius 1 is 0.963 bits per heavy atom. The first-order chi connectivity index (χ1) is 12.1. The molecule has 13 heteroatoms. The van der Waals surface area contributed by atoms with Crippen LogP contribution in [-0.4, -0.2) is 32.3 Å². The number of hydrogen-bond donors (Lipinski definition) is 3. The molecule has 1 rings (SSSR count). The number of carbonyl (C=O) groups is 1. The third-order valence-electron chi connectivity index (χ3n) is 3.63. The van der Waals surface area contributed by atoms with E-state index in [2.05, 4.69) is 0 Å². The highest BCUT2D eigenvalue weighted by molar-refractivity contribution is 7.89. The van der Waals surface area contributed by atoms with Crippen molar-refractivity contribution in [1.29, 1.82) is 0 Å². The maximum atomic E-state index is 13.0. The van der Waals surface area contributed by atoms with Gasteiger partial charge >= 0.3 is 18.4 Å². The van der Waals surface area contributed by atoms with Crippen molar-refractivity contribution >= 4 is 16.1 Å². The lowest BCUT2D eigenvalue weighted by Gasteiger charge is -2.36. The normalized spacial score (nSPS) is 13.4. The third-order valence-corrected chi connectivity index (χ3v) is 4.86. The van der Waals surface area contributed by atoms with E-state index in [9.17, 15) is 39.6 Å². The summed E-state index contributed by atoms with van der Waals surface area (Å²) >= 11 is 0. The maximum absolute atomic E-state index is 13.0. The van der Waals surface area contributed by atoms with E-state index in [4.69, 9.17) is 0 Å². The van der Waals surface area contributed by atoms with Gasteiger partial charge in [-0.15, -0.1) is 4.83 Å². The van der Waals surface area contributed by atoms with Crippen LogP contribution in [0.3, 0.4) is 0 Å². The molecule has 27 heavy (non-hydrogen) atoms. The van der Waals surface area contributed by atoms with Crippen molar-refractivity contribution in [2.24, 2.45) is 0 Å². The van der Waals surface area contributed by atoms with Crippen LogP contribution in [0.4, 0.5) is 31.1 Å². The summed E-state index contributed by atoms with van der Waals surface area (Å²) in [6.07, 6.45) is -13.3. The summed E-state index contributed by atoms with van der Waals surface area (Å²) in [6.45, 7) is 3.74. The van der Waals surface area contributed by atoms with Crippen molar-refractivity contribution in [3.8, 4) is 0 Å². The molecule has 0 aliphatic rings. The number of halogens is 6. The van der Waals surface area contributed by atoms with Crippen molar-refractivity contribution in [2.75, 3.05) is 0 Å². The van der Waals surface area contributed by atoms with Gasteiger partial charge in [0.05, 0.1) is 4.90 Å². The molecule has 0 spiro atoms. The second-order valence-corrected chi connectivity index (χ2v) is 7.44. The molecular weight excluding hydrogens is 404 g/mol. The summed E-state index contributed by atoms with van der Waals surface area (Å²) < 4.78 is 102. The quantitative estimate of drug-likeness (QED) is 0.505. The number of nitrogens with one attached hydrogen (secondary N) is 3. The van der Waals surface area contributed by atoms with Crippen LogP contribution in [0.5, 0.6) is 0 Å². The van der Waals surface area contributed by atoms with Gasteiger partial charge in [0, 0.05) is 0 Å². The first-order valence-electron chi connectivity index (χ1n) is 7.37. The van der Waals surface area contributed by atoms with Crippen molar-refractivity contribution in [2.45, 2.75) is 50.0 Å². The molecule has 0 radical (unpaired) electrons. The number of amides is 2. The maximum Gasteiger partial charge on any atom is 0.420 e. The van der Waals surface area contributed by atoms with E-state index in [1.165, 1.54) is 22.4 Å². The second-order valence-electron chi connectivity index (χ2n) is 5.76. The Morgan fingerprint density at radius 3 is 1.78 bits per heavy atom. The lowest BCUT2D eigenvalue weighted by Crippen LogP contribution is -2.69. The minimum Gasteiger partial charge on any atom is -0.315 e. The van der Waals surface area contributed by atoms with Gasteiger partial charge in [0.2, 0.25) is 5.54 Å². The molecule has 154 valence electrons. The van der Waals surface area contributed by atoms with Crippen molar-refractivity contribution in [3.05, 3.63) is 29.3 Å². The molecule has 0 fully saturated rings. The number of sulfonamides is 1. The monoisotopic (exact) mass is 421 g/mol. The third kappa shape index (κ3) is 5.03. The van der Waals surface area contributed by atoms with Crippen LogP contribution >= 0.6 is 0 Å². The number of hydrogen-bond acceptors (Lipinski definition) is 3. The first kappa shape index (κ1) is 23.0. The van der Waals surface area contributed by atoms with E-state index < -0.39 is 40.4 Å². The van der Waals surface area contributed by atoms with E-state index in [-0.39, 0.29) is 4.90 Å². The zero-order valence-electron chi connectivity index (χ0n) is 14.3. The fraction of sp³-hybridized carbons (Fsp3) is 0.500. The average Bonchev–Trinajstić information content (AvgIpc) is 2.47. The molecule has 0 saturated heterocycles. The molecule has 1 aromatic rings. The molecule has 0 heterocycles. The molecule has 0 aliphatic heterocycles. The predicted molar refractivity (Wildman–Crippen MR) is 83.0 cm³/mol. The number of hydrazine groups is 1. The van der Waals surface area contributed by atoms with Crippen molar-refractivity contribution < 1.29 is 39.6 Å². The van der Waals surface area contributed by atoms with Crippen LogP contribution in [0.1, 0.15) is 24.5 Å². The van der Waals surface area contributed by atoms with E-state index in [1.807, 2.05) is 0 Å². The first-order valence-corrected chi connectivity index (χ1v) is 8.86. The number of aryl methyl sites for hydroxylation is 2. The van der Waals surface area contributed by atoms with Crippen LogP contribution in [0, 0.1) is 13.8 Å². The predicted octanol–water partition coefficient (Wildman–Crippen LogP) is 3.07. The molecule has 0 aliphatic carbocycles. The summed E-state index contributed by atoms with van der Waals surface area (Å²) in [5.41, 5.74) is -2.14. The van der Waals surface area contributed by atoms with Gasteiger partial charge in [0.25, 0.3) is 10.0 Å². The Kier molecular flexibility index (Phi) is 6.43. The van der Waals surface area contributed by atoms with Crippen molar-refractivity contribution in [3.63, 3.8) is 0 Å². The molecule has 3 N–H and O–H groups in total. The number of urea groups is 1. The topological polar surface area (TPSA) is 87.3 Å². The number of rotatable bonds is 5. The molecule has 0 unspecified atom stereocenters. The molecule has 0 atom stereocenters. The Hall–Kier alpha value is -2.02. The largest absolute Gasteiger partial charge is 0.420 e. The number of carbonyl (C=O) groups excluding carboxylic acids is 1. The fourth-order valence-corrected chi connectivity index (χ4v) is 3.30. The zero-order valence-corrected chi connectivity index (χ0v) is 15.2. The number of benzene rings is 1. The summed E-state index contributed by atoms with van der Waals surface area (Å²) in [7, 11) is -4.42. The smallest absolute Gasteiger partial charge is 0.315 e. The van der Waals surface area contributed by atoms with Gasteiger partial charge in [0.15, 0.2) is 0 Å². The minimum absolute atomic E-state index is 0.325. The Morgan fingerprint density at radius 2 is 1.41 bits per heavy atom. The summed E-state index contributed by atoms with van der Waals surface area (Å²) in [4.78, 5) is 12.7. The van der Waals surface area contributed by atoms with E-state index in [1.54, 1.807) is 19.9 Å². The highest BCUT2D eigenvalue weighted by Crippen LogP contribution is 2.45. The van der Waals surface area contributed by atoms with Gasteiger partial charge in [-0.25, -0.2) is 13.2 Å². The van der Waals surface area contributed by atoms with E-state index in [0.29, 0.717) is 18.1 Å². The fourth-order valence-electron chi connectivity index (χ4n) is 2.28. The summed E-state index contributed by atoms with van der Waals surface area (Å²) in [5, 5.41) is 0.780. The van der Waals surface area contributed by atoms with Crippen LogP contribution in [-0.2, 0) is 10.0 Å². The zero-order chi connectivity index (χ0) is 21.3. The lowest BCUT2D eigenvalue weighted by atomic mass is 9.94. The van der Waals surface area contributed by atoms with Crippen LogP contribution < -0.4 is 15.6 Å². The molecule has 0 bridgehead atoms. The molecular formula is C14H17F6N3O3S. The van der Waals surface area contributed by atoms with Crippen LogP contribution in [0.15, 0.2) is 23.1 Å². The highest BCUT2D eigenvalue weighted by Gasteiger charge is 2.70. The Bertz CT molecular complexity index is 771. The molecule has 2 amide bonds. The van der Waals surface area contributed by atoms with Gasteiger partial charge in [-0.3, -0.25) is 5.43 Å². The second kappa shape index (κ2) is 7.54. The van der Waals surface area contributed by atoms with Crippen molar-refractivity contribution in [1.82, 2.24) is 15.6 Å². The molecule has 6 nitrogen and oxygen atoms in total. The molecule has 0 saturated carbocycles. The SMILES string of the molecule is CCC(NC(=O)NNS(=O)(=O)c1cc(C)cc(C)c1)(C(F)(F)F)C(F)(F)F. The summed E-state index contributed by atoms with van der Waals surface area (Å²) in [5.74, 6) is 0. The van der Waals surface area contributed by atoms with Crippen LogP contribution in [0.2, 0.25) is 0 Å². The Labute approximate surface area is 151 Å².